The van der Waals surface area contributed by atoms with Crippen LogP contribution in [0.2, 0.25) is 0 Å². The average molecular weight is 524 g/mol. The van der Waals surface area contributed by atoms with E-state index in [2.05, 4.69) is 20.3 Å². The summed E-state index contributed by atoms with van der Waals surface area (Å²) in [7, 11) is 3.92. The summed E-state index contributed by atoms with van der Waals surface area (Å²) in [6, 6.07) is -1.26. The first kappa shape index (κ1) is 27.8. The zero-order chi connectivity index (χ0) is 24.4. The number of rotatable bonds is 7. The molecule has 2 aliphatic rings. The molecule has 3 heterocycles. The van der Waals surface area contributed by atoms with Crippen molar-refractivity contribution in [2.45, 2.75) is 16.7 Å². The van der Waals surface area contributed by atoms with Gasteiger partial charge >= 0.3 is 47.5 Å². The van der Waals surface area contributed by atoms with Crippen molar-refractivity contribution >= 4 is 58.1 Å². The SMILES string of the molecule is CON=C(F)C(=O)NC1C(=O)N2C(C(=O)[O-])=C(COC(=O)N(C)C)C(c3csc(N)n3)S[C@@H]12.[Na+]. The molecule has 178 valence electrons. The van der Waals surface area contributed by atoms with Crippen LogP contribution in [0, 0.1) is 0 Å². The maximum Gasteiger partial charge on any atom is 1.00 e. The normalized spacial score (nSPS) is 21.6. The van der Waals surface area contributed by atoms with Crippen molar-refractivity contribution in [3.05, 3.63) is 22.3 Å². The largest absolute Gasteiger partial charge is 1.00 e. The zero-order valence-electron chi connectivity index (χ0n) is 18.4. The van der Waals surface area contributed by atoms with Gasteiger partial charge in [-0.1, -0.05) is 0 Å². The second kappa shape index (κ2) is 11.4. The Labute approximate surface area is 222 Å². The molecule has 2 unspecified atom stereocenters. The van der Waals surface area contributed by atoms with E-state index in [0.717, 1.165) is 40.0 Å². The number of fused-ring (bicyclic) bond motifs is 1. The monoisotopic (exact) mass is 524 g/mol. The van der Waals surface area contributed by atoms with Gasteiger partial charge in [-0.05, 0) is 5.16 Å². The summed E-state index contributed by atoms with van der Waals surface area (Å²) in [5, 5.41) is 17.1. The van der Waals surface area contributed by atoms with Gasteiger partial charge in [-0.2, -0.15) is 4.39 Å². The van der Waals surface area contributed by atoms with E-state index in [9.17, 15) is 28.7 Å². The number of thiazole rings is 1. The van der Waals surface area contributed by atoms with E-state index in [1.54, 1.807) is 5.38 Å². The van der Waals surface area contributed by atoms with Crippen LogP contribution in [0.15, 0.2) is 21.8 Å². The molecule has 1 fully saturated rings. The van der Waals surface area contributed by atoms with Gasteiger partial charge in [-0.3, -0.25) is 14.5 Å². The van der Waals surface area contributed by atoms with Crippen LogP contribution in [0.1, 0.15) is 10.9 Å². The number of carbonyl (C=O) groups excluding carboxylic acids is 4. The summed E-state index contributed by atoms with van der Waals surface area (Å²) >= 11 is 2.15. The van der Waals surface area contributed by atoms with E-state index in [-0.39, 0.29) is 40.3 Å². The van der Waals surface area contributed by atoms with Gasteiger partial charge < -0.3 is 35.4 Å². The van der Waals surface area contributed by atoms with Crippen molar-refractivity contribution in [1.82, 2.24) is 20.1 Å². The molecule has 34 heavy (non-hydrogen) atoms. The number of carboxylic acid groups (broad SMARTS) is 1. The second-order valence-corrected chi connectivity index (χ2v) is 8.97. The van der Waals surface area contributed by atoms with Crippen LogP contribution >= 0.6 is 23.1 Å². The number of nitrogens with zero attached hydrogens (tertiary/aromatic N) is 4. The Morgan fingerprint density at radius 1 is 1.41 bits per heavy atom. The van der Waals surface area contributed by atoms with Crippen LogP contribution in [-0.2, 0) is 24.0 Å². The number of ether oxygens (including phenoxy) is 1. The van der Waals surface area contributed by atoms with Crippen molar-refractivity contribution in [2.24, 2.45) is 5.16 Å². The number of nitrogens with one attached hydrogen (secondary N) is 1. The number of thioether (sulfide) groups is 1. The number of carboxylic acids is 1. The smallest absolute Gasteiger partial charge is 0.543 e. The number of nitrogen functional groups attached to an aromatic ring is 1. The van der Waals surface area contributed by atoms with Crippen LogP contribution in [0.4, 0.5) is 14.3 Å². The average Bonchev–Trinajstić information content (AvgIpc) is 3.20. The van der Waals surface area contributed by atoms with E-state index in [0.29, 0.717) is 5.69 Å². The Kier molecular flexibility index (Phi) is 9.29. The van der Waals surface area contributed by atoms with Gasteiger partial charge in [0.2, 0.25) is 0 Å². The molecule has 0 radical (unpaired) electrons. The van der Waals surface area contributed by atoms with Crippen molar-refractivity contribution in [1.29, 1.82) is 0 Å². The van der Waals surface area contributed by atoms with E-state index >= 15 is 0 Å². The predicted octanol–water partition coefficient (Wildman–Crippen LogP) is -4.20. The van der Waals surface area contributed by atoms with E-state index in [4.69, 9.17) is 10.5 Å². The quantitative estimate of drug-likeness (QED) is 0.154. The topological polar surface area (TPSA) is 180 Å². The molecular formula is C17H18FN6NaO7S2. The fourth-order valence-corrected chi connectivity index (χ4v) is 5.34. The summed E-state index contributed by atoms with van der Waals surface area (Å²) in [5.41, 5.74) is 5.59. The molecular weight excluding hydrogens is 506 g/mol. The molecule has 2 aliphatic heterocycles. The van der Waals surface area contributed by atoms with Gasteiger partial charge in [-0.25, -0.2) is 9.78 Å². The van der Waals surface area contributed by atoms with E-state index in [1.165, 1.54) is 14.1 Å². The molecule has 3 amide bonds. The number of oxime groups is 1. The number of anilines is 1. The number of aliphatic carboxylic acids is 1. The summed E-state index contributed by atoms with van der Waals surface area (Å²) in [6.45, 7) is -0.474. The van der Waals surface area contributed by atoms with Gasteiger partial charge in [0, 0.05) is 25.0 Å². The standard InChI is InChI=1S/C17H19FN6O7S2.Na/c1-23(2)17(29)31-4-6-9(15(27)28)24-13(26)8(21-12(25)11(18)22-30-3)14(24)33-10(6)7-5-32-16(19)20-7;/h5,8,10,14H,4H2,1-3H3,(H2,19,20)(H,21,25)(H,27,28);/q;+1/p-1/t8?,10?,14-;/m0./s1. The van der Waals surface area contributed by atoms with Crippen molar-refractivity contribution in [3.8, 4) is 0 Å². The third kappa shape index (κ3) is 5.46. The number of hydrogen-bond donors (Lipinski definition) is 2. The Morgan fingerprint density at radius 2 is 2.09 bits per heavy atom. The summed E-state index contributed by atoms with van der Waals surface area (Å²) < 4.78 is 18.8. The number of β-lactam (4-membered cyclic amide) rings is 1. The first-order chi connectivity index (χ1) is 15.6. The Balaban J connectivity index is 0.00000408. The molecule has 3 atom stereocenters. The number of amides is 3. The third-order valence-electron chi connectivity index (χ3n) is 4.54. The van der Waals surface area contributed by atoms with Crippen LogP contribution in [0.5, 0.6) is 0 Å². The first-order valence-electron chi connectivity index (χ1n) is 9.12. The maximum absolute atomic E-state index is 13.6. The van der Waals surface area contributed by atoms with Gasteiger partial charge in [0.15, 0.2) is 5.13 Å². The van der Waals surface area contributed by atoms with Crippen LogP contribution < -0.4 is 45.7 Å². The number of hydrogen-bond acceptors (Lipinski definition) is 12. The van der Waals surface area contributed by atoms with Crippen LogP contribution in [0.25, 0.3) is 0 Å². The van der Waals surface area contributed by atoms with Crippen molar-refractivity contribution in [3.63, 3.8) is 0 Å². The molecule has 0 bridgehead atoms. The summed E-state index contributed by atoms with van der Waals surface area (Å²) in [6.07, 6.45) is -0.739. The first-order valence-corrected chi connectivity index (χ1v) is 10.9. The minimum Gasteiger partial charge on any atom is -0.543 e. The van der Waals surface area contributed by atoms with Gasteiger partial charge in [0.1, 0.15) is 25.1 Å². The molecule has 0 aliphatic carbocycles. The number of halogens is 1. The molecule has 17 heteroatoms. The van der Waals surface area contributed by atoms with E-state index < -0.39 is 58.8 Å². The second-order valence-electron chi connectivity index (χ2n) is 6.85. The molecule has 0 spiro atoms. The zero-order valence-corrected chi connectivity index (χ0v) is 22.1. The molecule has 0 saturated carbocycles. The third-order valence-corrected chi connectivity index (χ3v) is 6.80. The molecule has 13 nitrogen and oxygen atoms in total. The molecule has 1 aromatic heterocycles. The fourth-order valence-electron chi connectivity index (χ4n) is 3.11. The molecule has 3 rings (SSSR count). The van der Waals surface area contributed by atoms with Crippen molar-refractivity contribution in [2.75, 3.05) is 33.5 Å². The van der Waals surface area contributed by atoms with Crippen LogP contribution in [-0.4, -0.2) is 83.9 Å². The van der Waals surface area contributed by atoms with Gasteiger partial charge in [0.25, 0.3) is 5.91 Å². The molecule has 1 saturated heterocycles. The van der Waals surface area contributed by atoms with E-state index in [1.807, 2.05) is 0 Å². The minimum absolute atomic E-state index is 0. The van der Waals surface area contributed by atoms with Crippen LogP contribution in [0.3, 0.4) is 0 Å². The summed E-state index contributed by atoms with van der Waals surface area (Å²) in [4.78, 5) is 59.0. The predicted molar refractivity (Wildman–Crippen MR) is 112 cm³/mol. The summed E-state index contributed by atoms with van der Waals surface area (Å²) in [5.74, 6) is -5.34. The Hall–Kier alpha value is -2.40. The van der Waals surface area contributed by atoms with Crippen molar-refractivity contribution < 1.29 is 67.8 Å². The number of nitrogens with two attached hydrogens (primary N) is 1. The van der Waals surface area contributed by atoms with Gasteiger partial charge in [0.05, 0.1) is 22.6 Å². The fraction of sp³-hybridized carbons (Fsp3) is 0.412. The molecule has 0 aromatic carbocycles. The minimum atomic E-state index is -1.70. The number of carbonyl (C=O) groups is 4. The van der Waals surface area contributed by atoms with Gasteiger partial charge in [-0.15, -0.1) is 23.1 Å². The number of aromatic nitrogens is 1. The molecule has 1 aromatic rings. The Morgan fingerprint density at radius 3 is 2.62 bits per heavy atom. The molecule has 3 N–H and O–H groups in total. The Bertz CT molecular complexity index is 1060. The maximum atomic E-state index is 13.6.